The van der Waals surface area contributed by atoms with Crippen molar-refractivity contribution in [3.8, 4) is 0 Å². The van der Waals surface area contributed by atoms with Crippen LogP contribution in [0, 0.1) is 0 Å². The summed E-state index contributed by atoms with van der Waals surface area (Å²) in [5.41, 5.74) is 1.68. The number of nitrogens with zero attached hydrogens (tertiary/aromatic N) is 2. The minimum Gasteiger partial charge on any atom is -0.331 e. The molecule has 24 heavy (non-hydrogen) atoms. The number of benzene rings is 1. The Morgan fingerprint density at radius 3 is 2.71 bits per heavy atom. The summed E-state index contributed by atoms with van der Waals surface area (Å²) in [6.07, 6.45) is 0. The number of halogens is 2. The number of hydrogen-bond acceptors (Lipinski definition) is 3. The number of anilines is 1. The zero-order valence-electron chi connectivity index (χ0n) is 13.6. The number of carbonyl (C=O) groups is 2. The Kier molecular flexibility index (Phi) is 6.01. The lowest BCUT2D eigenvalue weighted by Crippen LogP contribution is -2.35. The average molecular weight is 414 g/mol. The minimum atomic E-state index is -0.341. The van der Waals surface area contributed by atoms with E-state index >= 15 is 0 Å². The molecule has 6 nitrogen and oxygen atoms in total. The van der Waals surface area contributed by atoms with Crippen molar-refractivity contribution in [2.75, 3.05) is 18.9 Å². The van der Waals surface area contributed by atoms with Gasteiger partial charge in [-0.15, -0.1) is 0 Å². The highest BCUT2D eigenvalue weighted by Crippen LogP contribution is 2.26. The van der Waals surface area contributed by atoms with Gasteiger partial charge >= 0.3 is 0 Å². The first kappa shape index (κ1) is 18.5. The lowest BCUT2D eigenvalue weighted by Gasteiger charge is -2.16. The van der Waals surface area contributed by atoms with Crippen LogP contribution in [0.1, 0.15) is 35.9 Å². The number of amides is 2. The fraction of sp³-hybridized carbons (Fsp3) is 0.312. The lowest BCUT2D eigenvalue weighted by atomic mass is 10.1. The predicted octanol–water partition coefficient (Wildman–Crippen LogP) is 3.66. The monoisotopic (exact) mass is 412 g/mol. The van der Waals surface area contributed by atoms with Crippen LogP contribution in [0.3, 0.4) is 0 Å². The third-order valence-corrected chi connectivity index (χ3v) is 4.39. The fourth-order valence-electron chi connectivity index (χ4n) is 2.10. The van der Waals surface area contributed by atoms with Crippen molar-refractivity contribution in [3.05, 3.63) is 45.1 Å². The Morgan fingerprint density at radius 2 is 2.12 bits per heavy atom. The van der Waals surface area contributed by atoms with E-state index in [0.29, 0.717) is 15.2 Å². The molecule has 1 aromatic carbocycles. The van der Waals surface area contributed by atoms with E-state index in [-0.39, 0.29) is 30.0 Å². The number of likely N-dealkylation sites (N-methyl/N-ethyl adjacent to an activating group) is 1. The third-order valence-electron chi connectivity index (χ3n) is 3.35. The van der Waals surface area contributed by atoms with E-state index in [0.717, 1.165) is 5.69 Å². The van der Waals surface area contributed by atoms with Gasteiger partial charge in [-0.2, -0.15) is 5.10 Å². The molecule has 0 aliphatic heterocycles. The molecule has 1 heterocycles. The molecular formula is C16H18BrClN4O2. The van der Waals surface area contributed by atoms with Crippen LogP contribution in [0.4, 0.5) is 5.69 Å². The van der Waals surface area contributed by atoms with Gasteiger partial charge in [-0.25, -0.2) is 0 Å². The molecule has 2 aromatic rings. The van der Waals surface area contributed by atoms with Crippen LogP contribution in [0.2, 0.25) is 5.02 Å². The molecule has 2 amide bonds. The van der Waals surface area contributed by atoms with E-state index in [2.05, 4.69) is 31.4 Å². The molecule has 1 aromatic heterocycles. The Labute approximate surface area is 153 Å². The second-order valence-electron chi connectivity index (χ2n) is 5.67. The van der Waals surface area contributed by atoms with E-state index in [1.807, 2.05) is 13.8 Å². The van der Waals surface area contributed by atoms with Gasteiger partial charge in [0.15, 0.2) is 5.69 Å². The lowest BCUT2D eigenvalue weighted by molar-refractivity contribution is -0.116. The molecule has 0 unspecified atom stereocenters. The number of nitrogens with one attached hydrogen (secondary N) is 2. The van der Waals surface area contributed by atoms with Crippen molar-refractivity contribution in [1.82, 2.24) is 15.1 Å². The van der Waals surface area contributed by atoms with Gasteiger partial charge in [-0.1, -0.05) is 31.5 Å². The minimum absolute atomic E-state index is 0.0956. The van der Waals surface area contributed by atoms with Crippen LogP contribution in [0.25, 0.3) is 0 Å². The van der Waals surface area contributed by atoms with E-state index in [9.17, 15) is 9.59 Å². The Hall–Kier alpha value is -1.86. The first-order valence-electron chi connectivity index (χ1n) is 7.34. The van der Waals surface area contributed by atoms with Crippen molar-refractivity contribution in [2.45, 2.75) is 19.8 Å². The van der Waals surface area contributed by atoms with Gasteiger partial charge in [-0.3, -0.25) is 14.7 Å². The fourth-order valence-corrected chi connectivity index (χ4v) is 3.10. The van der Waals surface area contributed by atoms with Gasteiger partial charge < -0.3 is 10.2 Å². The van der Waals surface area contributed by atoms with Gasteiger partial charge in [0.2, 0.25) is 5.91 Å². The maximum atomic E-state index is 12.5. The molecular weight excluding hydrogens is 396 g/mol. The molecule has 0 atom stereocenters. The smallest absolute Gasteiger partial charge is 0.275 e. The zero-order valence-corrected chi connectivity index (χ0v) is 15.9. The maximum absolute atomic E-state index is 12.5. The van der Waals surface area contributed by atoms with Gasteiger partial charge in [0.1, 0.15) is 0 Å². The van der Waals surface area contributed by atoms with Crippen LogP contribution in [0.5, 0.6) is 0 Å². The van der Waals surface area contributed by atoms with Gasteiger partial charge in [-0.05, 0) is 40.0 Å². The first-order chi connectivity index (χ1) is 11.3. The summed E-state index contributed by atoms with van der Waals surface area (Å²) in [6, 6.07) is 6.82. The molecule has 2 N–H and O–H groups in total. The maximum Gasteiger partial charge on any atom is 0.275 e. The van der Waals surface area contributed by atoms with Gasteiger partial charge in [0.05, 0.1) is 16.7 Å². The van der Waals surface area contributed by atoms with E-state index in [4.69, 9.17) is 11.6 Å². The highest BCUT2D eigenvalue weighted by Gasteiger charge is 2.23. The molecule has 0 spiro atoms. The van der Waals surface area contributed by atoms with Crippen molar-refractivity contribution >= 4 is 45.0 Å². The summed E-state index contributed by atoms with van der Waals surface area (Å²) in [7, 11) is 1.55. The molecule has 0 radical (unpaired) electrons. The molecule has 0 saturated carbocycles. The van der Waals surface area contributed by atoms with Crippen molar-refractivity contribution in [3.63, 3.8) is 0 Å². The van der Waals surface area contributed by atoms with E-state index in [1.165, 1.54) is 4.90 Å². The average Bonchev–Trinajstić information content (AvgIpc) is 2.88. The van der Waals surface area contributed by atoms with Crippen molar-refractivity contribution in [2.24, 2.45) is 0 Å². The summed E-state index contributed by atoms with van der Waals surface area (Å²) in [5, 5.41) is 10.1. The summed E-state index contributed by atoms with van der Waals surface area (Å²) in [5.74, 6) is -0.458. The van der Waals surface area contributed by atoms with Gasteiger partial charge in [0.25, 0.3) is 5.91 Å². The van der Waals surface area contributed by atoms with Crippen LogP contribution >= 0.6 is 27.5 Å². The van der Waals surface area contributed by atoms with Crippen LogP contribution in [-0.2, 0) is 4.79 Å². The highest BCUT2D eigenvalue weighted by molar-refractivity contribution is 9.10. The largest absolute Gasteiger partial charge is 0.331 e. The van der Waals surface area contributed by atoms with Crippen molar-refractivity contribution < 1.29 is 9.59 Å². The topological polar surface area (TPSA) is 78.1 Å². The molecule has 0 saturated heterocycles. The summed E-state index contributed by atoms with van der Waals surface area (Å²) in [6.45, 7) is 3.89. The van der Waals surface area contributed by atoms with Crippen LogP contribution in [-0.4, -0.2) is 40.5 Å². The van der Waals surface area contributed by atoms with Crippen molar-refractivity contribution in [1.29, 1.82) is 0 Å². The number of H-pyrrole nitrogens is 1. The summed E-state index contributed by atoms with van der Waals surface area (Å²) in [4.78, 5) is 25.8. The normalized spacial score (nSPS) is 10.8. The van der Waals surface area contributed by atoms with E-state index in [1.54, 1.807) is 31.3 Å². The predicted molar refractivity (Wildman–Crippen MR) is 97.4 cm³/mol. The number of carbonyl (C=O) groups excluding carboxylic acids is 2. The van der Waals surface area contributed by atoms with E-state index < -0.39 is 0 Å². The number of aromatic nitrogens is 2. The molecule has 0 aliphatic rings. The second-order valence-corrected chi connectivity index (χ2v) is 6.90. The highest BCUT2D eigenvalue weighted by atomic mass is 79.9. The number of hydrogen-bond donors (Lipinski definition) is 2. The molecule has 0 bridgehead atoms. The Balaban J connectivity index is 2.02. The standard InChI is InChI=1S/C16H18BrClN4O2/c1-9(2)14-13(17)15(21-20-14)16(24)22(3)8-12(23)19-11-6-4-5-10(18)7-11/h4-7,9H,8H2,1-3H3,(H,19,23)(H,20,21). The van der Waals surface area contributed by atoms with Crippen LogP contribution < -0.4 is 5.32 Å². The Morgan fingerprint density at radius 1 is 1.42 bits per heavy atom. The molecule has 128 valence electrons. The molecule has 0 fully saturated rings. The first-order valence-corrected chi connectivity index (χ1v) is 8.51. The number of aromatic amines is 1. The molecule has 0 aliphatic carbocycles. The molecule has 2 rings (SSSR count). The number of rotatable bonds is 5. The molecule has 8 heteroatoms. The zero-order chi connectivity index (χ0) is 17.9. The SMILES string of the molecule is CC(C)c1[nH]nc(C(=O)N(C)CC(=O)Nc2cccc(Cl)c2)c1Br. The Bertz CT molecular complexity index is 760. The summed E-state index contributed by atoms with van der Waals surface area (Å²) < 4.78 is 0.629. The quantitative estimate of drug-likeness (QED) is 0.785. The second kappa shape index (κ2) is 7.81. The third kappa shape index (κ3) is 4.36. The van der Waals surface area contributed by atoms with Crippen LogP contribution in [0.15, 0.2) is 28.7 Å². The van der Waals surface area contributed by atoms with Gasteiger partial charge in [0, 0.05) is 17.8 Å². The summed E-state index contributed by atoms with van der Waals surface area (Å²) >= 11 is 9.27.